The zero-order valence-electron chi connectivity index (χ0n) is 15.0. The van der Waals surface area contributed by atoms with E-state index < -0.39 is 0 Å². The first-order valence-corrected chi connectivity index (χ1v) is 8.32. The van der Waals surface area contributed by atoms with Gasteiger partial charge in [0.2, 0.25) is 11.9 Å². The van der Waals surface area contributed by atoms with Crippen molar-refractivity contribution >= 4 is 34.7 Å². The van der Waals surface area contributed by atoms with Crippen molar-refractivity contribution in [2.45, 2.75) is 20.8 Å². The Bertz CT molecular complexity index is 922. The first-order chi connectivity index (χ1) is 12.5. The van der Waals surface area contributed by atoms with Crippen LogP contribution in [0.2, 0.25) is 0 Å². The molecular formula is C20H21N5O. The number of carbonyl (C=O) groups is 1. The van der Waals surface area contributed by atoms with Crippen molar-refractivity contribution in [3.05, 3.63) is 65.9 Å². The lowest BCUT2D eigenvalue weighted by molar-refractivity contribution is -0.114. The number of aryl methyl sites for hydroxylation is 2. The molecular weight excluding hydrogens is 326 g/mol. The highest BCUT2D eigenvalue weighted by molar-refractivity contribution is 5.88. The van der Waals surface area contributed by atoms with E-state index in [1.165, 1.54) is 12.5 Å². The minimum absolute atomic E-state index is 0.0976. The number of anilines is 5. The largest absolute Gasteiger partial charge is 0.340 e. The predicted octanol–water partition coefficient (Wildman–Crippen LogP) is 4.54. The highest BCUT2D eigenvalue weighted by Crippen LogP contribution is 2.21. The van der Waals surface area contributed by atoms with Crippen molar-refractivity contribution in [1.29, 1.82) is 0 Å². The van der Waals surface area contributed by atoms with Gasteiger partial charge in [-0.05, 0) is 55.8 Å². The number of hydrogen-bond acceptors (Lipinski definition) is 5. The summed E-state index contributed by atoms with van der Waals surface area (Å²) < 4.78 is 0. The van der Waals surface area contributed by atoms with E-state index in [0.717, 1.165) is 28.6 Å². The number of nitrogens with zero attached hydrogens (tertiary/aromatic N) is 2. The fourth-order valence-electron chi connectivity index (χ4n) is 2.53. The summed E-state index contributed by atoms with van der Waals surface area (Å²) in [4.78, 5) is 20.0. The van der Waals surface area contributed by atoms with Crippen molar-refractivity contribution in [2.24, 2.45) is 0 Å². The van der Waals surface area contributed by atoms with Gasteiger partial charge in [-0.2, -0.15) is 4.98 Å². The summed E-state index contributed by atoms with van der Waals surface area (Å²) in [5.41, 5.74) is 4.60. The van der Waals surface area contributed by atoms with Gasteiger partial charge >= 0.3 is 0 Å². The maximum atomic E-state index is 11.1. The Morgan fingerprint density at radius 2 is 1.58 bits per heavy atom. The number of amides is 1. The molecule has 0 bridgehead atoms. The zero-order chi connectivity index (χ0) is 18.5. The molecule has 3 rings (SSSR count). The molecule has 0 atom stereocenters. The maximum absolute atomic E-state index is 11.1. The zero-order valence-corrected chi connectivity index (χ0v) is 15.0. The minimum Gasteiger partial charge on any atom is -0.340 e. The molecule has 132 valence electrons. The third-order valence-corrected chi connectivity index (χ3v) is 3.61. The Labute approximate surface area is 152 Å². The summed E-state index contributed by atoms with van der Waals surface area (Å²) in [6.45, 7) is 5.46. The summed E-state index contributed by atoms with van der Waals surface area (Å²) in [5, 5.41) is 9.23. The topological polar surface area (TPSA) is 78.9 Å². The van der Waals surface area contributed by atoms with Gasteiger partial charge in [0.05, 0.1) is 0 Å². The summed E-state index contributed by atoms with van der Waals surface area (Å²) in [6, 6.07) is 17.4. The molecule has 6 heteroatoms. The molecule has 2 aromatic carbocycles. The number of aromatic nitrogens is 2. The molecule has 6 nitrogen and oxygen atoms in total. The average molecular weight is 347 g/mol. The first kappa shape index (κ1) is 17.4. The quantitative estimate of drug-likeness (QED) is 0.631. The second kappa shape index (κ2) is 7.65. The Kier molecular flexibility index (Phi) is 5.12. The number of carbonyl (C=O) groups excluding carboxylic acids is 1. The molecule has 1 aromatic heterocycles. The lowest BCUT2D eigenvalue weighted by Gasteiger charge is -2.11. The molecule has 0 aliphatic heterocycles. The first-order valence-electron chi connectivity index (χ1n) is 8.32. The van der Waals surface area contributed by atoms with Gasteiger partial charge in [0.1, 0.15) is 5.82 Å². The molecule has 0 aliphatic carbocycles. The van der Waals surface area contributed by atoms with Crippen molar-refractivity contribution in [3.63, 3.8) is 0 Å². The van der Waals surface area contributed by atoms with E-state index in [1.54, 1.807) is 0 Å². The Morgan fingerprint density at radius 3 is 2.27 bits per heavy atom. The highest BCUT2D eigenvalue weighted by Gasteiger charge is 2.04. The normalized spacial score (nSPS) is 10.3. The van der Waals surface area contributed by atoms with Crippen LogP contribution in [0.15, 0.2) is 54.6 Å². The van der Waals surface area contributed by atoms with E-state index in [2.05, 4.69) is 32.0 Å². The van der Waals surface area contributed by atoms with Crippen LogP contribution >= 0.6 is 0 Å². The molecule has 0 unspecified atom stereocenters. The smallest absolute Gasteiger partial charge is 0.229 e. The predicted molar refractivity (Wildman–Crippen MR) is 105 cm³/mol. The number of benzene rings is 2. The van der Waals surface area contributed by atoms with Gasteiger partial charge in [-0.3, -0.25) is 4.79 Å². The highest BCUT2D eigenvalue weighted by atomic mass is 16.1. The molecule has 0 saturated carbocycles. The van der Waals surface area contributed by atoms with Gasteiger partial charge in [-0.1, -0.05) is 12.1 Å². The van der Waals surface area contributed by atoms with Gasteiger partial charge in [0.25, 0.3) is 0 Å². The van der Waals surface area contributed by atoms with Gasteiger partial charge in [0, 0.05) is 35.7 Å². The van der Waals surface area contributed by atoms with Crippen LogP contribution in [-0.4, -0.2) is 15.9 Å². The molecule has 1 amide bonds. The Balaban J connectivity index is 1.76. The fourth-order valence-corrected chi connectivity index (χ4v) is 2.53. The molecule has 26 heavy (non-hydrogen) atoms. The van der Waals surface area contributed by atoms with Crippen LogP contribution in [0.1, 0.15) is 18.2 Å². The van der Waals surface area contributed by atoms with Gasteiger partial charge < -0.3 is 16.0 Å². The van der Waals surface area contributed by atoms with Gasteiger partial charge in [0.15, 0.2) is 0 Å². The fraction of sp³-hybridized carbons (Fsp3) is 0.150. The number of nitrogens with one attached hydrogen (secondary N) is 3. The van der Waals surface area contributed by atoms with E-state index >= 15 is 0 Å². The van der Waals surface area contributed by atoms with Crippen molar-refractivity contribution in [2.75, 3.05) is 16.0 Å². The summed E-state index contributed by atoms with van der Waals surface area (Å²) in [6.07, 6.45) is 0. The number of rotatable bonds is 5. The molecule has 0 saturated heterocycles. The molecule has 0 radical (unpaired) electrons. The average Bonchev–Trinajstić information content (AvgIpc) is 2.56. The van der Waals surface area contributed by atoms with Crippen molar-refractivity contribution in [3.8, 4) is 0 Å². The van der Waals surface area contributed by atoms with E-state index in [1.807, 2.05) is 62.4 Å². The Morgan fingerprint density at radius 1 is 0.846 bits per heavy atom. The third kappa shape index (κ3) is 4.80. The number of hydrogen-bond donors (Lipinski definition) is 3. The van der Waals surface area contributed by atoms with Crippen molar-refractivity contribution in [1.82, 2.24) is 9.97 Å². The van der Waals surface area contributed by atoms with Gasteiger partial charge in [-0.15, -0.1) is 0 Å². The molecule has 1 heterocycles. The van der Waals surface area contributed by atoms with Crippen LogP contribution in [0, 0.1) is 13.8 Å². The van der Waals surface area contributed by atoms with Crippen LogP contribution in [-0.2, 0) is 4.79 Å². The van der Waals surface area contributed by atoms with E-state index in [9.17, 15) is 4.79 Å². The van der Waals surface area contributed by atoms with Gasteiger partial charge in [-0.25, -0.2) is 4.98 Å². The Hall–Kier alpha value is -3.41. The monoisotopic (exact) mass is 347 g/mol. The molecule has 0 aliphatic rings. The summed E-state index contributed by atoms with van der Waals surface area (Å²) in [5.74, 6) is 1.13. The maximum Gasteiger partial charge on any atom is 0.229 e. The van der Waals surface area contributed by atoms with Crippen LogP contribution in [0.3, 0.4) is 0 Å². The lowest BCUT2D eigenvalue weighted by atomic mass is 10.2. The second-order valence-corrected chi connectivity index (χ2v) is 6.10. The van der Waals surface area contributed by atoms with Crippen LogP contribution in [0.5, 0.6) is 0 Å². The van der Waals surface area contributed by atoms with E-state index in [0.29, 0.717) is 5.95 Å². The van der Waals surface area contributed by atoms with E-state index in [4.69, 9.17) is 0 Å². The third-order valence-electron chi connectivity index (χ3n) is 3.61. The molecule has 0 fully saturated rings. The molecule has 3 aromatic rings. The van der Waals surface area contributed by atoms with Crippen LogP contribution < -0.4 is 16.0 Å². The summed E-state index contributed by atoms with van der Waals surface area (Å²) in [7, 11) is 0. The lowest BCUT2D eigenvalue weighted by Crippen LogP contribution is -2.06. The SMILES string of the molecule is CC(=O)Nc1ccc(Nc2nc(C)cc(Nc3cccc(C)c3)n2)cc1. The summed E-state index contributed by atoms with van der Waals surface area (Å²) >= 11 is 0. The molecule has 3 N–H and O–H groups in total. The van der Waals surface area contributed by atoms with E-state index in [-0.39, 0.29) is 5.91 Å². The molecule has 0 spiro atoms. The standard InChI is InChI=1S/C20H21N5O/c1-13-5-4-6-18(11-13)23-19-12-14(2)21-20(25-19)24-17-9-7-16(8-10-17)22-15(3)26/h4-12H,1-3H3,(H,22,26)(H2,21,23,24,25). The van der Waals surface area contributed by atoms with Crippen molar-refractivity contribution < 1.29 is 4.79 Å². The minimum atomic E-state index is -0.0976. The van der Waals surface area contributed by atoms with Crippen LogP contribution in [0.4, 0.5) is 28.8 Å². The van der Waals surface area contributed by atoms with Crippen LogP contribution in [0.25, 0.3) is 0 Å². The second-order valence-electron chi connectivity index (χ2n) is 6.10.